The molecule has 0 atom stereocenters. The van der Waals surface area contributed by atoms with E-state index in [1.807, 2.05) is 0 Å². The lowest BCUT2D eigenvalue weighted by atomic mass is 9.87. The molecule has 1 aromatic rings. The molecular weight excluding hydrogens is 216 g/mol. The Morgan fingerprint density at radius 1 is 1.47 bits per heavy atom. The van der Waals surface area contributed by atoms with Gasteiger partial charge in [0.25, 0.3) is 5.91 Å². The second-order valence-corrected chi connectivity index (χ2v) is 4.75. The van der Waals surface area contributed by atoms with E-state index in [0.29, 0.717) is 11.4 Å². The molecular formula is C12H20N4O. The maximum absolute atomic E-state index is 11.7. The summed E-state index contributed by atoms with van der Waals surface area (Å²) in [4.78, 5) is 11.7. The molecule has 94 valence electrons. The fourth-order valence-corrected chi connectivity index (χ4v) is 2.44. The van der Waals surface area contributed by atoms with Crippen molar-refractivity contribution in [3.05, 3.63) is 11.8 Å². The van der Waals surface area contributed by atoms with Gasteiger partial charge in [0, 0.05) is 6.54 Å². The van der Waals surface area contributed by atoms with Crippen molar-refractivity contribution < 1.29 is 4.79 Å². The van der Waals surface area contributed by atoms with Crippen LogP contribution in [0.3, 0.4) is 0 Å². The van der Waals surface area contributed by atoms with Gasteiger partial charge in [-0.1, -0.05) is 32.1 Å². The molecule has 0 spiro atoms. The number of rotatable bonds is 4. The normalized spacial score (nSPS) is 16.9. The summed E-state index contributed by atoms with van der Waals surface area (Å²) in [7, 11) is 0. The van der Waals surface area contributed by atoms with E-state index in [9.17, 15) is 4.79 Å². The molecule has 0 saturated heterocycles. The molecule has 1 aliphatic rings. The molecule has 1 aromatic heterocycles. The zero-order valence-corrected chi connectivity index (χ0v) is 10.0. The highest BCUT2D eigenvalue weighted by Crippen LogP contribution is 2.25. The fraction of sp³-hybridized carbons (Fsp3) is 0.667. The van der Waals surface area contributed by atoms with Crippen LogP contribution in [0.4, 0.5) is 5.82 Å². The number of hydrogen-bond donors (Lipinski definition) is 3. The molecule has 1 amide bonds. The lowest BCUT2D eigenvalue weighted by Gasteiger charge is -2.21. The van der Waals surface area contributed by atoms with Crippen LogP contribution < -0.4 is 11.1 Å². The summed E-state index contributed by atoms with van der Waals surface area (Å²) in [5.41, 5.74) is 6.02. The van der Waals surface area contributed by atoms with Crippen molar-refractivity contribution >= 4 is 11.7 Å². The van der Waals surface area contributed by atoms with Gasteiger partial charge in [-0.05, 0) is 12.3 Å². The Morgan fingerprint density at radius 3 is 2.88 bits per heavy atom. The molecule has 0 radical (unpaired) electrons. The number of H-pyrrole nitrogens is 1. The Balaban J connectivity index is 1.71. The number of aromatic nitrogens is 2. The number of carbonyl (C=O) groups excluding carboxylic acids is 1. The first-order valence-corrected chi connectivity index (χ1v) is 6.34. The molecule has 4 N–H and O–H groups in total. The van der Waals surface area contributed by atoms with Crippen molar-refractivity contribution in [3.8, 4) is 0 Å². The lowest BCUT2D eigenvalue weighted by molar-refractivity contribution is 0.0951. The van der Waals surface area contributed by atoms with E-state index < -0.39 is 0 Å². The molecule has 5 heteroatoms. The minimum absolute atomic E-state index is 0.132. The van der Waals surface area contributed by atoms with Crippen molar-refractivity contribution in [3.63, 3.8) is 0 Å². The van der Waals surface area contributed by atoms with Crippen LogP contribution >= 0.6 is 0 Å². The summed E-state index contributed by atoms with van der Waals surface area (Å²) in [6.45, 7) is 0.730. The Kier molecular flexibility index (Phi) is 4.01. The number of carbonyl (C=O) groups is 1. The van der Waals surface area contributed by atoms with Gasteiger partial charge in [0.05, 0.1) is 6.20 Å². The van der Waals surface area contributed by atoms with Crippen LogP contribution in [0.2, 0.25) is 0 Å². The Hall–Kier alpha value is -1.52. The van der Waals surface area contributed by atoms with E-state index >= 15 is 0 Å². The van der Waals surface area contributed by atoms with Crippen LogP contribution in [0.15, 0.2) is 6.20 Å². The molecule has 17 heavy (non-hydrogen) atoms. The van der Waals surface area contributed by atoms with Crippen LogP contribution in [0.5, 0.6) is 0 Å². The van der Waals surface area contributed by atoms with Gasteiger partial charge in [-0.25, -0.2) is 0 Å². The topological polar surface area (TPSA) is 83.8 Å². The van der Waals surface area contributed by atoms with Gasteiger partial charge < -0.3 is 11.1 Å². The summed E-state index contributed by atoms with van der Waals surface area (Å²) < 4.78 is 0. The van der Waals surface area contributed by atoms with Gasteiger partial charge in [0.2, 0.25) is 0 Å². The largest absolute Gasteiger partial charge is 0.383 e. The standard InChI is InChI=1S/C12H20N4O/c13-11-10(8-15-16-11)12(17)14-7-6-9-4-2-1-3-5-9/h8-9H,1-7H2,(H,14,17)(H3,13,15,16). The van der Waals surface area contributed by atoms with E-state index in [0.717, 1.165) is 18.9 Å². The van der Waals surface area contributed by atoms with E-state index in [1.54, 1.807) is 0 Å². The second-order valence-electron chi connectivity index (χ2n) is 4.75. The number of nitrogens with two attached hydrogens (primary N) is 1. The quantitative estimate of drug-likeness (QED) is 0.743. The highest BCUT2D eigenvalue weighted by Gasteiger charge is 2.15. The van der Waals surface area contributed by atoms with Crippen molar-refractivity contribution in [1.82, 2.24) is 15.5 Å². The number of nitrogens with zero attached hydrogens (tertiary/aromatic N) is 1. The van der Waals surface area contributed by atoms with Crippen molar-refractivity contribution in [2.75, 3.05) is 12.3 Å². The third-order valence-electron chi connectivity index (χ3n) is 3.48. The predicted octanol–water partition coefficient (Wildman–Crippen LogP) is 1.69. The second kappa shape index (κ2) is 5.70. The van der Waals surface area contributed by atoms with Crippen molar-refractivity contribution in [2.45, 2.75) is 38.5 Å². The molecule has 0 aromatic carbocycles. The van der Waals surface area contributed by atoms with Crippen molar-refractivity contribution in [2.24, 2.45) is 5.92 Å². The van der Waals surface area contributed by atoms with Gasteiger partial charge in [-0.15, -0.1) is 0 Å². The first kappa shape index (κ1) is 12.0. The average molecular weight is 236 g/mol. The zero-order valence-electron chi connectivity index (χ0n) is 10.0. The van der Waals surface area contributed by atoms with Crippen LogP contribution in [0.1, 0.15) is 48.9 Å². The smallest absolute Gasteiger partial charge is 0.256 e. The third kappa shape index (κ3) is 3.22. The summed E-state index contributed by atoms with van der Waals surface area (Å²) >= 11 is 0. The maximum Gasteiger partial charge on any atom is 0.256 e. The number of aromatic amines is 1. The van der Waals surface area contributed by atoms with Crippen LogP contribution in [-0.2, 0) is 0 Å². The SMILES string of the molecule is Nc1[nH]ncc1C(=O)NCCC1CCCCC1. The summed E-state index contributed by atoms with van der Waals surface area (Å²) in [6, 6.07) is 0. The zero-order chi connectivity index (χ0) is 12.1. The Morgan fingerprint density at radius 2 is 2.24 bits per heavy atom. The van der Waals surface area contributed by atoms with Gasteiger partial charge in [-0.2, -0.15) is 5.10 Å². The average Bonchev–Trinajstić information content (AvgIpc) is 2.77. The van der Waals surface area contributed by atoms with E-state index in [4.69, 9.17) is 5.73 Å². The molecule has 1 aliphatic carbocycles. The molecule has 0 aliphatic heterocycles. The predicted molar refractivity (Wildman–Crippen MR) is 66.5 cm³/mol. The molecule has 2 rings (SSSR count). The fourth-order valence-electron chi connectivity index (χ4n) is 2.44. The first-order valence-electron chi connectivity index (χ1n) is 6.34. The Labute approximate surface area is 101 Å². The van der Waals surface area contributed by atoms with Gasteiger partial charge in [0.15, 0.2) is 0 Å². The minimum atomic E-state index is -0.132. The van der Waals surface area contributed by atoms with E-state index in [-0.39, 0.29) is 5.91 Å². The highest BCUT2D eigenvalue weighted by atomic mass is 16.1. The summed E-state index contributed by atoms with van der Waals surface area (Å²) in [6.07, 6.45) is 9.21. The number of nitrogen functional groups attached to an aromatic ring is 1. The molecule has 0 unspecified atom stereocenters. The number of amides is 1. The van der Waals surface area contributed by atoms with Crippen LogP contribution in [0, 0.1) is 5.92 Å². The summed E-state index contributed by atoms with van der Waals surface area (Å²) in [5.74, 6) is 0.984. The molecule has 0 bridgehead atoms. The molecule has 5 nitrogen and oxygen atoms in total. The van der Waals surface area contributed by atoms with Crippen LogP contribution in [-0.4, -0.2) is 22.6 Å². The number of anilines is 1. The first-order chi connectivity index (χ1) is 8.27. The lowest BCUT2D eigenvalue weighted by Crippen LogP contribution is -2.26. The molecule has 1 heterocycles. The minimum Gasteiger partial charge on any atom is -0.383 e. The van der Waals surface area contributed by atoms with E-state index in [2.05, 4.69) is 15.5 Å². The Bertz CT molecular complexity index is 368. The highest BCUT2D eigenvalue weighted by molar-refractivity contribution is 5.97. The third-order valence-corrected chi connectivity index (χ3v) is 3.48. The van der Waals surface area contributed by atoms with Gasteiger partial charge >= 0.3 is 0 Å². The summed E-state index contributed by atoms with van der Waals surface area (Å²) in [5, 5.41) is 9.18. The van der Waals surface area contributed by atoms with Gasteiger partial charge in [0.1, 0.15) is 11.4 Å². The maximum atomic E-state index is 11.7. The van der Waals surface area contributed by atoms with Crippen LogP contribution in [0.25, 0.3) is 0 Å². The molecule has 1 fully saturated rings. The molecule has 1 saturated carbocycles. The number of hydrogen-bond acceptors (Lipinski definition) is 3. The van der Waals surface area contributed by atoms with Crippen molar-refractivity contribution in [1.29, 1.82) is 0 Å². The monoisotopic (exact) mass is 236 g/mol. The van der Waals surface area contributed by atoms with Gasteiger partial charge in [-0.3, -0.25) is 9.89 Å². The number of nitrogens with one attached hydrogen (secondary N) is 2. The van der Waals surface area contributed by atoms with E-state index in [1.165, 1.54) is 38.3 Å².